The molecule has 12 heavy (non-hydrogen) atoms. The van der Waals surface area contributed by atoms with E-state index in [9.17, 15) is 16.8 Å². The number of alkyl halides is 1. The molecule has 0 spiro atoms. The van der Waals surface area contributed by atoms with Gasteiger partial charge < -0.3 is 0 Å². The van der Waals surface area contributed by atoms with Gasteiger partial charge in [0.05, 0.1) is 16.9 Å². The average Bonchev–Trinajstić information content (AvgIpc) is 2.03. The molecule has 0 radical (unpaired) electrons. The van der Waals surface area contributed by atoms with Crippen molar-refractivity contribution in [3.63, 3.8) is 0 Å². The summed E-state index contributed by atoms with van der Waals surface area (Å²) >= 11 is 5.43. The molecule has 0 aromatic rings. The predicted molar refractivity (Wildman–Crippen MR) is 43.6 cm³/mol. The van der Waals surface area contributed by atoms with Crippen LogP contribution in [0.15, 0.2) is 0 Å². The molecule has 1 aliphatic heterocycles. The lowest BCUT2D eigenvalue weighted by Gasteiger charge is -2.05. The maximum atomic E-state index is 10.8. The fraction of sp³-hybridized carbons (Fsp3) is 1.00. The number of hydrogen-bond donors (Lipinski definition) is 1. The van der Waals surface area contributed by atoms with Gasteiger partial charge in [0, 0.05) is 0 Å². The van der Waals surface area contributed by atoms with Crippen molar-refractivity contribution in [3.8, 4) is 0 Å². The summed E-state index contributed by atoms with van der Waals surface area (Å²) in [5.41, 5.74) is 0. The molecule has 1 aliphatic rings. The zero-order valence-corrected chi connectivity index (χ0v) is 8.23. The first-order valence-corrected chi connectivity index (χ1v) is 6.79. The second-order valence-corrected chi connectivity index (χ2v) is 7.00. The molecule has 0 amide bonds. The van der Waals surface area contributed by atoms with E-state index < -0.39 is 36.3 Å². The highest BCUT2D eigenvalue weighted by Crippen LogP contribution is 2.23. The van der Waals surface area contributed by atoms with E-state index in [2.05, 4.69) is 0 Å². The van der Waals surface area contributed by atoms with Crippen LogP contribution in [0.4, 0.5) is 0 Å². The van der Waals surface area contributed by atoms with Crippen molar-refractivity contribution in [1.82, 2.24) is 0 Å². The SMILES string of the molecule is O=S1(=O)C[C@H](Cl)[C@@H](S(=O)(=O)O)C1. The second-order valence-electron chi connectivity index (χ2n) is 2.65. The molecule has 0 bridgehead atoms. The van der Waals surface area contributed by atoms with Gasteiger partial charge >= 0.3 is 0 Å². The Labute approximate surface area is 75.4 Å². The molecule has 1 N–H and O–H groups in total. The minimum Gasteiger partial charge on any atom is -0.285 e. The third-order valence-electron chi connectivity index (χ3n) is 1.62. The fourth-order valence-electron chi connectivity index (χ4n) is 1.05. The molecular weight excluding hydrogens is 228 g/mol. The first-order chi connectivity index (χ1) is 5.22. The summed E-state index contributed by atoms with van der Waals surface area (Å²) < 4.78 is 51.3. The molecular formula is C4H7ClO5S2. The van der Waals surface area contributed by atoms with Crippen LogP contribution in [0.1, 0.15) is 0 Å². The molecule has 2 atom stereocenters. The van der Waals surface area contributed by atoms with Crippen molar-refractivity contribution in [1.29, 1.82) is 0 Å². The maximum absolute atomic E-state index is 10.8. The van der Waals surface area contributed by atoms with E-state index >= 15 is 0 Å². The van der Waals surface area contributed by atoms with E-state index in [4.69, 9.17) is 16.2 Å². The number of halogens is 1. The van der Waals surface area contributed by atoms with E-state index in [-0.39, 0.29) is 5.75 Å². The lowest BCUT2D eigenvalue weighted by Crippen LogP contribution is -2.28. The average molecular weight is 235 g/mol. The molecule has 1 saturated heterocycles. The molecule has 0 aromatic heterocycles. The Bertz CT molecular complexity index is 368. The van der Waals surface area contributed by atoms with Gasteiger partial charge in [-0.05, 0) is 0 Å². The number of rotatable bonds is 1. The summed E-state index contributed by atoms with van der Waals surface area (Å²) in [5.74, 6) is -0.973. The highest BCUT2D eigenvalue weighted by Gasteiger charge is 2.43. The Morgan fingerprint density at radius 2 is 1.83 bits per heavy atom. The fourth-order valence-corrected chi connectivity index (χ4v) is 5.69. The van der Waals surface area contributed by atoms with Gasteiger partial charge in [0.2, 0.25) is 0 Å². The van der Waals surface area contributed by atoms with Crippen LogP contribution >= 0.6 is 11.6 Å². The van der Waals surface area contributed by atoms with Crippen LogP contribution < -0.4 is 0 Å². The second kappa shape index (κ2) is 2.83. The van der Waals surface area contributed by atoms with Crippen molar-refractivity contribution in [2.75, 3.05) is 11.5 Å². The Kier molecular flexibility index (Phi) is 2.41. The van der Waals surface area contributed by atoms with Crippen molar-refractivity contribution in [2.45, 2.75) is 10.6 Å². The Balaban J connectivity index is 3.01. The number of sulfone groups is 1. The molecule has 5 nitrogen and oxygen atoms in total. The summed E-state index contributed by atoms with van der Waals surface area (Å²) in [4.78, 5) is 0. The van der Waals surface area contributed by atoms with Crippen LogP contribution in [0.2, 0.25) is 0 Å². The molecule has 1 rings (SSSR count). The molecule has 0 saturated carbocycles. The summed E-state index contributed by atoms with van der Waals surface area (Å²) in [7, 11) is -7.73. The van der Waals surface area contributed by atoms with E-state index in [0.717, 1.165) is 0 Å². The summed E-state index contributed by atoms with van der Waals surface area (Å²) in [6.45, 7) is 0. The van der Waals surface area contributed by atoms with Gasteiger partial charge in [-0.15, -0.1) is 11.6 Å². The zero-order valence-electron chi connectivity index (χ0n) is 5.84. The largest absolute Gasteiger partial charge is 0.285 e. The van der Waals surface area contributed by atoms with E-state index in [0.29, 0.717) is 0 Å². The summed E-state index contributed by atoms with van der Waals surface area (Å²) in [5, 5.41) is -2.41. The van der Waals surface area contributed by atoms with Gasteiger partial charge in [-0.25, -0.2) is 8.42 Å². The van der Waals surface area contributed by atoms with E-state index in [1.54, 1.807) is 0 Å². The minimum atomic E-state index is -4.33. The zero-order chi connectivity index (χ0) is 9.57. The highest BCUT2D eigenvalue weighted by molar-refractivity contribution is 7.94. The Hall–Kier alpha value is 0.150. The van der Waals surface area contributed by atoms with E-state index in [1.807, 2.05) is 0 Å². The molecule has 8 heteroatoms. The first kappa shape index (κ1) is 10.2. The van der Waals surface area contributed by atoms with Crippen LogP contribution in [-0.2, 0) is 20.0 Å². The van der Waals surface area contributed by atoms with Gasteiger partial charge in [0.25, 0.3) is 10.1 Å². The van der Waals surface area contributed by atoms with Crippen LogP contribution in [0.3, 0.4) is 0 Å². The molecule has 1 fully saturated rings. The van der Waals surface area contributed by atoms with Crippen molar-refractivity contribution < 1.29 is 21.4 Å². The summed E-state index contributed by atoms with van der Waals surface area (Å²) in [6, 6.07) is 0. The molecule has 0 aromatic carbocycles. The third kappa shape index (κ3) is 2.09. The predicted octanol–water partition coefficient (Wildman–Crippen LogP) is -0.721. The highest BCUT2D eigenvalue weighted by atomic mass is 35.5. The lowest BCUT2D eigenvalue weighted by molar-refractivity contribution is 0.471. The molecule has 72 valence electrons. The lowest BCUT2D eigenvalue weighted by atomic mass is 10.4. The third-order valence-corrected chi connectivity index (χ3v) is 5.61. The van der Waals surface area contributed by atoms with Gasteiger partial charge in [0.15, 0.2) is 9.84 Å². The standard InChI is InChI=1S/C4H7ClO5S2/c5-3-1-11(6,7)2-4(3)12(8,9)10/h3-4H,1-2H2,(H,8,9,10)/t3-,4-/m0/s1. The van der Waals surface area contributed by atoms with Gasteiger partial charge in [-0.3, -0.25) is 4.55 Å². The molecule has 1 heterocycles. The van der Waals surface area contributed by atoms with Crippen LogP contribution in [0.25, 0.3) is 0 Å². The van der Waals surface area contributed by atoms with E-state index in [1.165, 1.54) is 0 Å². The summed E-state index contributed by atoms with van der Waals surface area (Å²) in [6.07, 6.45) is 0. The first-order valence-electron chi connectivity index (χ1n) is 3.03. The van der Waals surface area contributed by atoms with Crippen LogP contribution in [0, 0.1) is 0 Å². The monoisotopic (exact) mass is 234 g/mol. The topological polar surface area (TPSA) is 88.5 Å². The van der Waals surface area contributed by atoms with Crippen molar-refractivity contribution in [3.05, 3.63) is 0 Å². The van der Waals surface area contributed by atoms with Gasteiger partial charge in [-0.2, -0.15) is 8.42 Å². The van der Waals surface area contributed by atoms with Gasteiger partial charge in [0.1, 0.15) is 5.25 Å². The molecule has 0 unspecified atom stereocenters. The maximum Gasteiger partial charge on any atom is 0.270 e. The van der Waals surface area contributed by atoms with Gasteiger partial charge in [-0.1, -0.05) is 0 Å². The van der Waals surface area contributed by atoms with Crippen LogP contribution in [-0.4, -0.2) is 43.5 Å². The van der Waals surface area contributed by atoms with Crippen LogP contribution in [0.5, 0.6) is 0 Å². The Morgan fingerprint density at radius 3 is 2.00 bits per heavy atom. The quantitative estimate of drug-likeness (QED) is 0.478. The number of hydrogen-bond acceptors (Lipinski definition) is 4. The van der Waals surface area contributed by atoms with Crippen molar-refractivity contribution >= 4 is 31.6 Å². The van der Waals surface area contributed by atoms with Crippen molar-refractivity contribution in [2.24, 2.45) is 0 Å². The minimum absolute atomic E-state index is 0.390. The Morgan fingerprint density at radius 1 is 1.33 bits per heavy atom. The normalized spacial score (nSPS) is 35.2. The molecule has 0 aliphatic carbocycles. The smallest absolute Gasteiger partial charge is 0.270 e.